The monoisotopic (exact) mass is 268 g/mol. The molecule has 2 rings (SSSR count). The fourth-order valence-electron chi connectivity index (χ4n) is 2.14. The molecule has 1 fully saturated rings. The van der Waals surface area contributed by atoms with Crippen molar-refractivity contribution < 1.29 is 4.74 Å². The summed E-state index contributed by atoms with van der Waals surface area (Å²) in [5.41, 5.74) is 1.51. The Morgan fingerprint density at radius 3 is 2.67 bits per heavy atom. The Kier molecular flexibility index (Phi) is 4.36. The van der Waals surface area contributed by atoms with E-state index in [1.807, 2.05) is 32.2 Å². The molecule has 0 amide bonds. The van der Waals surface area contributed by atoms with Crippen molar-refractivity contribution in [1.29, 1.82) is 0 Å². The van der Waals surface area contributed by atoms with Crippen LogP contribution in [0.25, 0.3) is 0 Å². The minimum atomic E-state index is 0.444. The Morgan fingerprint density at radius 1 is 1.33 bits per heavy atom. The molecule has 0 aromatic heterocycles. The fourth-order valence-corrected chi connectivity index (χ4v) is 2.38. The van der Waals surface area contributed by atoms with E-state index in [0.29, 0.717) is 17.0 Å². The first kappa shape index (κ1) is 13.5. The number of rotatable bonds is 7. The van der Waals surface area contributed by atoms with Crippen LogP contribution in [0.2, 0.25) is 5.02 Å². The van der Waals surface area contributed by atoms with Crippen LogP contribution in [-0.2, 0) is 0 Å². The molecule has 0 bridgehead atoms. The summed E-state index contributed by atoms with van der Waals surface area (Å²) in [6.07, 6.45) is 2.59. The Hall–Kier alpha value is -0.930. The molecule has 0 atom stereocenters. The van der Waals surface area contributed by atoms with Gasteiger partial charge in [-0.05, 0) is 45.0 Å². The number of hydrogen-bond acceptors (Lipinski definition) is 3. The number of benzene rings is 1. The van der Waals surface area contributed by atoms with Crippen LogP contribution in [0.4, 0.5) is 5.69 Å². The van der Waals surface area contributed by atoms with Crippen LogP contribution in [0.1, 0.15) is 19.8 Å². The molecule has 0 unspecified atom stereocenters. The van der Waals surface area contributed by atoms with Crippen molar-refractivity contribution in [3.05, 3.63) is 23.2 Å². The molecule has 1 saturated carbocycles. The molecule has 3 nitrogen and oxygen atoms in total. The number of nitrogens with one attached hydrogen (secondary N) is 2. The summed E-state index contributed by atoms with van der Waals surface area (Å²) < 4.78 is 5.42. The van der Waals surface area contributed by atoms with Crippen molar-refractivity contribution in [3.8, 4) is 5.75 Å². The zero-order valence-electron chi connectivity index (χ0n) is 11.1. The van der Waals surface area contributed by atoms with E-state index in [9.17, 15) is 0 Å². The highest BCUT2D eigenvalue weighted by atomic mass is 35.5. The van der Waals surface area contributed by atoms with Crippen LogP contribution in [0, 0.1) is 5.41 Å². The third-order valence-corrected chi connectivity index (χ3v) is 3.70. The molecule has 0 spiro atoms. The maximum Gasteiger partial charge on any atom is 0.138 e. The number of hydrogen-bond donors (Lipinski definition) is 2. The highest BCUT2D eigenvalue weighted by Gasteiger charge is 2.41. The van der Waals surface area contributed by atoms with Crippen LogP contribution in [0.5, 0.6) is 5.75 Å². The van der Waals surface area contributed by atoms with Gasteiger partial charge in [-0.25, -0.2) is 0 Å². The molecule has 1 aliphatic carbocycles. The molecule has 0 radical (unpaired) electrons. The van der Waals surface area contributed by atoms with Gasteiger partial charge in [0.2, 0.25) is 0 Å². The molecule has 4 heteroatoms. The maximum absolute atomic E-state index is 6.16. The summed E-state index contributed by atoms with van der Waals surface area (Å²) in [6.45, 7) is 4.66. The summed E-state index contributed by atoms with van der Waals surface area (Å²) in [4.78, 5) is 0. The zero-order chi connectivity index (χ0) is 13.0. The summed E-state index contributed by atoms with van der Waals surface area (Å²) in [5.74, 6) is 0.751. The molecule has 0 saturated heterocycles. The van der Waals surface area contributed by atoms with Gasteiger partial charge < -0.3 is 15.4 Å². The van der Waals surface area contributed by atoms with Gasteiger partial charge in [0.1, 0.15) is 5.75 Å². The smallest absolute Gasteiger partial charge is 0.138 e. The van der Waals surface area contributed by atoms with Gasteiger partial charge in [0.15, 0.2) is 0 Å². The molecule has 0 heterocycles. The maximum atomic E-state index is 6.16. The first-order chi connectivity index (χ1) is 8.69. The number of ether oxygens (including phenoxy) is 1. The molecule has 2 N–H and O–H groups in total. The minimum absolute atomic E-state index is 0.444. The first-order valence-corrected chi connectivity index (χ1v) is 6.88. The van der Waals surface area contributed by atoms with Gasteiger partial charge in [-0.15, -0.1) is 0 Å². The Labute approximate surface area is 114 Å². The average Bonchev–Trinajstić information content (AvgIpc) is 3.11. The SMILES string of the molecule is CCOc1ccc(NCC2(CNC)CC2)cc1Cl. The summed E-state index contributed by atoms with van der Waals surface area (Å²) in [7, 11) is 2.01. The second kappa shape index (κ2) is 5.81. The molecule has 1 aromatic carbocycles. The van der Waals surface area contributed by atoms with E-state index < -0.39 is 0 Å². The van der Waals surface area contributed by atoms with Crippen LogP contribution in [0.3, 0.4) is 0 Å². The van der Waals surface area contributed by atoms with Crippen LogP contribution >= 0.6 is 11.6 Å². The van der Waals surface area contributed by atoms with Crippen LogP contribution < -0.4 is 15.4 Å². The highest BCUT2D eigenvalue weighted by molar-refractivity contribution is 6.32. The van der Waals surface area contributed by atoms with Gasteiger partial charge in [0.05, 0.1) is 11.6 Å². The van der Waals surface area contributed by atoms with E-state index >= 15 is 0 Å². The fraction of sp³-hybridized carbons (Fsp3) is 0.571. The lowest BCUT2D eigenvalue weighted by Gasteiger charge is -2.17. The summed E-state index contributed by atoms with van der Waals surface area (Å²) in [5, 5.41) is 7.39. The third-order valence-electron chi connectivity index (χ3n) is 3.41. The minimum Gasteiger partial charge on any atom is -0.492 e. The average molecular weight is 269 g/mol. The van der Waals surface area contributed by atoms with E-state index in [1.54, 1.807) is 0 Å². The molecular weight excluding hydrogens is 248 g/mol. The largest absolute Gasteiger partial charge is 0.492 e. The second-order valence-corrected chi connectivity index (χ2v) is 5.37. The third kappa shape index (κ3) is 3.30. The van der Waals surface area contributed by atoms with E-state index in [-0.39, 0.29) is 0 Å². The molecule has 18 heavy (non-hydrogen) atoms. The van der Waals surface area contributed by atoms with Gasteiger partial charge >= 0.3 is 0 Å². The topological polar surface area (TPSA) is 33.3 Å². The van der Waals surface area contributed by atoms with Crippen molar-refractivity contribution in [3.63, 3.8) is 0 Å². The van der Waals surface area contributed by atoms with Gasteiger partial charge in [0, 0.05) is 24.2 Å². The van der Waals surface area contributed by atoms with E-state index in [2.05, 4.69) is 10.6 Å². The summed E-state index contributed by atoms with van der Waals surface area (Å²) in [6, 6.07) is 5.88. The van der Waals surface area contributed by atoms with Crippen LogP contribution in [0.15, 0.2) is 18.2 Å². The van der Waals surface area contributed by atoms with Gasteiger partial charge in [-0.1, -0.05) is 11.6 Å². The lowest BCUT2D eigenvalue weighted by Crippen LogP contribution is -2.26. The molecular formula is C14H21ClN2O. The Bertz CT molecular complexity index is 405. The number of anilines is 1. The van der Waals surface area contributed by atoms with Gasteiger partial charge in [0.25, 0.3) is 0 Å². The van der Waals surface area contributed by atoms with Crippen LogP contribution in [-0.4, -0.2) is 26.7 Å². The quantitative estimate of drug-likeness (QED) is 0.797. The molecule has 1 aromatic rings. The predicted molar refractivity (Wildman–Crippen MR) is 76.7 cm³/mol. The van der Waals surface area contributed by atoms with Gasteiger partial charge in [-0.2, -0.15) is 0 Å². The molecule has 1 aliphatic rings. The van der Waals surface area contributed by atoms with Crippen molar-refractivity contribution >= 4 is 17.3 Å². The Balaban J connectivity index is 1.92. The lowest BCUT2D eigenvalue weighted by molar-refractivity contribution is 0.340. The first-order valence-electron chi connectivity index (χ1n) is 6.50. The number of halogens is 1. The normalized spacial score (nSPS) is 16.4. The molecule has 0 aliphatic heterocycles. The van der Waals surface area contributed by atoms with E-state index in [0.717, 1.165) is 24.5 Å². The second-order valence-electron chi connectivity index (χ2n) is 4.96. The van der Waals surface area contributed by atoms with Crippen molar-refractivity contribution in [2.45, 2.75) is 19.8 Å². The zero-order valence-corrected chi connectivity index (χ0v) is 11.8. The van der Waals surface area contributed by atoms with Crippen molar-refractivity contribution in [2.75, 3.05) is 32.1 Å². The van der Waals surface area contributed by atoms with E-state index in [4.69, 9.17) is 16.3 Å². The van der Waals surface area contributed by atoms with Crippen molar-refractivity contribution in [2.24, 2.45) is 5.41 Å². The van der Waals surface area contributed by atoms with Gasteiger partial charge in [-0.3, -0.25) is 0 Å². The standard InChI is InChI=1S/C14H21ClN2O/c1-3-18-13-5-4-11(8-12(13)15)17-10-14(6-7-14)9-16-2/h4-5,8,16-17H,3,6-7,9-10H2,1-2H3. The molecule has 100 valence electrons. The van der Waals surface area contributed by atoms with Crippen molar-refractivity contribution in [1.82, 2.24) is 5.32 Å². The Morgan fingerprint density at radius 2 is 2.11 bits per heavy atom. The predicted octanol–water partition coefficient (Wildman–Crippen LogP) is 3.15. The highest BCUT2D eigenvalue weighted by Crippen LogP contribution is 2.45. The summed E-state index contributed by atoms with van der Waals surface area (Å²) >= 11 is 6.16. The lowest BCUT2D eigenvalue weighted by atomic mass is 10.1. The van der Waals surface area contributed by atoms with E-state index in [1.165, 1.54) is 12.8 Å².